The van der Waals surface area contributed by atoms with E-state index in [9.17, 15) is 4.79 Å². The molecule has 0 unspecified atom stereocenters. The van der Waals surface area contributed by atoms with Crippen LogP contribution in [0, 0.1) is 0 Å². The van der Waals surface area contributed by atoms with Crippen LogP contribution in [0.2, 0.25) is 0 Å². The Bertz CT molecular complexity index is 357. The third kappa shape index (κ3) is 2.77. The van der Waals surface area contributed by atoms with Crippen LogP contribution in [0.4, 0.5) is 0 Å². The molecule has 1 aliphatic rings. The lowest BCUT2D eigenvalue weighted by Crippen LogP contribution is -2.30. The molecule has 0 N–H and O–H groups in total. The number of carbonyl (C=O) groups is 1. The van der Waals surface area contributed by atoms with E-state index in [1.807, 2.05) is 23.9 Å². The largest absolute Gasteiger partial charge is 0.465 e. The highest BCUT2D eigenvalue weighted by Crippen LogP contribution is 2.23. The second-order valence-electron chi connectivity index (χ2n) is 3.66. The molecule has 86 valence electrons. The first kappa shape index (κ1) is 11.5. The number of thioether (sulfide) groups is 1. The first-order valence-electron chi connectivity index (χ1n) is 5.16. The van der Waals surface area contributed by atoms with Crippen molar-refractivity contribution in [1.29, 1.82) is 0 Å². The van der Waals surface area contributed by atoms with Gasteiger partial charge in [-0.3, -0.25) is 0 Å². The van der Waals surface area contributed by atoms with Gasteiger partial charge in [-0.2, -0.15) is 0 Å². The minimum Gasteiger partial charge on any atom is -0.465 e. The van der Waals surface area contributed by atoms with Gasteiger partial charge in [-0.15, -0.1) is 11.8 Å². The minimum atomic E-state index is -0.286. The Balaban J connectivity index is 1.88. The maximum Gasteiger partial charge on any atom is 0.337 e. The van der Waals surface area contributed by atoms with Crippen molar-refractivity contribution in [1.82, 2.24) is 0 Å². The summed E-state index contributed by atoms with van der Waals surface area (Å²) in [5.74, 6) is 0.682. The van der Waals surface area contributed by atoms with E-state index in [1.165, 1.54) is 12.7 Å². The number of hydrogen-bond donors (Lipinski definition) is 0. The molecule has 1 fully saturated rings. The van der Waals surface area contributed by atoms with E-state index in [1.54, 1.807) is 12.1 Å². The highest BCUT2D eigenvalue weighted by atomic mass is 32.2. The lowest BCUT2D eigenvalue weighted by atomic mass is 10.1. The first-order chi connectivity index (χ1) is 7.79. The van der Waals surface area contributed by atoms with Crippen LogP contribution in [0.25, 0.3) is 0 Å². The molecule has 0 aliphatic carbocycles. The second-order valence-corrected chi connectivity index (χ2v) is 4.95. The number of methoxy groups -OCH3 is 1. The van der Waals surface area contributed by atoms with Crippen molar-refractivity contribution in [3.8, 4) is 0 Å². The van der Waals surface area contributed by atoms with Crippen LogP contribution in [0.3, 0.4) is 0 Å². The lowest BCUT2D eigenvalue weighted by Gasteiger charge is -2.25. The molecule has 0 bridgehead atoms. The lowest BCUT2D eigenvalue weighted by molar-refractivity contribution is 0.0455. The topological polar surface area (TPSA) is 35.5 Å². The van der Waals surface area contributed by atoms with Crippen LogP contribution in [0.1, 0.15) is 15.9 Å². The highest BCUT2D eigenvalue weighted by Gasteiger charge is 2.18. The number of hydrogen-bond acceptors (Lipinski definition) is 4. The SMILES string of the molecule is COC(=O)c1ccc(CSC2COC2)cc1. The molecular formula is C12H14O3S. The van der Waals surface area contributed by atoms with Crippen LogP contribution < -0.4 is 0 Å². The molecule has 0 saturated carbocycles. The monoisotopic (exact) mass is 238 g/mol. The van der Waals surface area contributed by atoms with E-state index in [0.29, 0.717) is 10.8 Å². The van der Waals surface area contributed by atoms with Crippen molar-refractivity contribution in [2.45, 2.75) is 11.0 Å². The fourth-order valence-corrected chi connectivity index (χ4v) is 2.38. The van der Waals surface area contributed by atoms with Crippen LogP contribution >= 0.6 is 11.8 Å². The molecule has 3 nitrogen and oxygen atoms in total. The standard InChI is InChI=1S/C12H14O3S/c1-14-12(13)10-4-2-9(3-5-10)8-16-11-6-15-7-11/h2-5,11H,6-8H2,1H3. The summed E-state index contributed by atoms with van der Waals surface area (Å²) in [4.78, 5) is 11.2. The van der Waals surface area contributed by atoms with Crippen LogP contribution in [0.15, 0.2) is 24.3 Å². The average molecular weight is 238 g/mol. The van der Waals surface area contributed by atoms with Gasteiger partial charge < -0.3 is 9.47 Å². The summed E-state index contributed by atoms with van der Waals surface area (Å²) < 4.78 is 9.75. The predicted octanol–water partition coefficient (Wildman–Crippen LogP) is 2.11. The van der Waals surface area contributed by atoms with Gasteiger partial charge in [0.15, 0.2) is 0 Å². The zero-order chi connectivity index (χ0) is 11.4. The number of carbonyl (C=O) groups excluding carboxylic acids is 1. The fourth-order valence-electron chi connectivity index (χ4n) is 1.38. The molecule has 4 heteroatoms. The summed E-state index contributed by atoms with van der Waals surface area (Å²) in [6, 6.07) is 7.55. The smallest absolute Gasteiger partial charge is 0.337 e. The molecule has 0 spiro atoms. The summed E-state index contributed by atoms with van der Waals surface area (Å²) in [6.07, 6.45) is 0. The van der Waals surface area contributed by atoms with Gasteiger partial charge in [0.1, 0.15) is 0 Å². The van der Waals surface area contributed by atoms with Gasteiger partial charge in [-0.1, -0.05) is 12.1 Å². The Morgan fingerprint density at radius 3 is 2.62 bits per heavy atom. The molecule has 0 radical (unpaired) electrons. The molecule has 1 aromatic rings. The minimum absolute atomic E-state index is 0.286. The van der Waals surface area contributed by atoms with E-state index in [-0.39, 0.29) is 5.97 Å². The van der Waals surface area contributed by atoms with Crippen LogP contribution in [-0.2, 0) is 15.2 Å². The fraction of sp³-hybridized carbons (Fsp3) is 0.417. The zero-order valence-electron chi connectivity index (χ0n) is 9.14. The summed E-state index contributed by atoms with van der Waals surface area (Å²) >= 11 is 1.90. The van der Waals surface area contributed by atoms with Crippen molar-refractivity contribution in [2.24, 2.45) is 0 Å². The van der Waals surface area contributed by atoms with Crippen molar-refractivity contribution in [3.63, 3.8) is 0 Å². The summed E-state index contributed by atoms with van der Waals surface area (Å²) in [6.45, 7) is 1.73. The van der Waals surface area contributed by atoms with Gasteiger partial charge in [0, 0.05) is 5.75 Å². The number of esters is 1. The summed E-state index contributed by atoms with van der Waals surface area (Å²) in [7, 11) is 1.39. The summed E-state index contributed by atoms with van der Waals surface area (Å²) in [5, 5.41) is 0.639. The first-order valence-corrected chi connectivity index (χ1v) is 6.21. The predicted molar refractivity (Wildman–Crippen MR) is 63.7 cm³/mol. The third-order valence-electron chi connectivity index (χ3n) is 2.47. The van der Waals surface area contributed by atoms with E-state index >= 15 is 0 Å². The van der Waals surface area contributed by atoms with E-state index < -0.39 is 0 Å². The van der Waals surface area contributed by atoms with Gasteiger partial charge >= 0.3 is 5.97 Å². The van der Waals surface area contributed by atoms with Gasteiger partial charge in [-0.25, -0.2) is 4.79 Å². The highest BCUT2D eigenvalue weighted by molar-refractivity contribution is 7.99. The van der Waals surface area contributed by atoms with Crippen molar-refractivity contribution in [2.75, 3.05) is 20.3 Å². The summed E-state index contributed by atoms with van der Waals surface area (Å²) in [5.41, 5.74) is 1.83. The molecule has 0 aromatic heterocycles. The van der Waals surface area contributed by atoms with Gasteiger partial charge in [0.2, 0.25) is 0 Å². The molecule has 0 amide bonds. The van der Waals surface area contributed by atoms with Gasteiger partial charge in [0.25, 0.3) is 0 Å². The van der Waals surface area contributed by atoms with Gasteiger partial charge in [-0.05, 0) is 17.7 Å². The molecule has 1 saturated heterocycles. The van der Waals surface area contributed by atoms with Crippen LogP contribution in [0.5, 0.6) is 0 Å². The molecule has 16 heavy (non-hydrogen) atoms. The maximum absolute atomic E-state index is 11.2. The molecular weight excluding hydrogens is 224 g/mol. The van der Waals surface area contributed by atoms with Gasteiger partial charge in [0.05, 0.1) is 31.1 Å². The Morgan fingerprint density at radius 2 is 2.12 bits per heavy atom. The Morgan fingerprint density at radius 1 is 1.44 bits per heavy atom. The van der Waals surface area contributed by atoms with E-state index in [4.69, 9.17) is 4.74 Å². The van der Waals surface area contributed by atoms with E-state index in [2.05, 4.69) is 4.74 Å². The number of benzene rings is 1. The third-order valence-corrected chi connectivity index (χ3v) is 3.71. The Labute approximate surface area is 99.1 Å². The maximum atomic E-state index is 11.2. The van der Waals surface area contributed by atoms with Crippen LogP contribution in [-0.4, -0.2) is 31.5 Å². The van der Waals surface area contributed by atoms with Crippen molar-refractivity contribution in [3.05, 3.63) is 35.4 Å². The Hall–Kier alpha value is -1.00. The Kier molecular flexibility index (Phi) is 3.85. The number of rotatable bonds is 4. The number of ether oxygens (including phenoxy) is 2. The molecule has 1 heterocycles. The van der Waals surface area contributed by atoms with Crippen molar-refractivity contribution < 1.29 is 14.3 Å². The quantitative estimate of drug-likeness (QED) is 0.753. The zero-order valence-corrected chi connectivity index (χ0v) is 9.96. The average Bonchev–Trinajstić information content (AvgIpc) is 2.27. The van der Waals surface area contributed by atoms with Crippen molar-refractivity contribution >= 4 is 17.7 Å². The molecule has 0 atom stereocenters. The van der Waals surface area contributed by atoms with E-state index in [0.717, 1.165) is 19.0 Å². The normalized spacial score (nSPS) is 15.6. The molecule has 1 aliphatic heterocycles. The molecule has 2 rings (SSSR count). The molecule has 1 aromatic carbocycles. The second kappa shape index (κ2) is 5.37.